The summed E-state index contributed by atoms with van der Waals surface area (Å²) in [5.41, 5.74) is 0. The minimum atomic E-state index is 0.835. The van der Waals surface area contributed by atoms with Crippen molar-refractivity contribution in [2.45, 2.75) is 32.2 Å². The van der Waals surface area contributed by atoms with Crippen LogP contribution in [0.3, 0.4) is 0 Å². The number of rotatable bonds is 3. The van der Waals surface area contributed by atoms with E-state index in [-0.39, 0.29) is 0 Å². The van der Waals surface area contributed by atoms with Gasteiger partial charge in [-0.1, -0.05) is 6.92 Å². The molecule has 88 valence electrons. The van der Waals surface area contributed by atoms with Crippen LogP contribution in [0, 0.1) is 0 Å². The first-order valence-electron chi connectivity index (χ1n) is 6.44. The topological polar surface area (TPSA) is 15.7 Å². The second-order valence-corrected chi connectivity index (χ2v) is 4.72. The molecule has 0 unspecified atom stereocenters. The number of hydrogen-bond acceptors (Lipinski definition) is 3. The fourth-order valence-corrected chi connectivity index (χ4v) is 2.77. The first-order chi connectivity index (χ1) is 7.40. The third-order valence-corrected chi connectivity index (χ3v) is 3.66. The van der Waals surface area contributed by atoms with Crippen molar-refractivity contribution >= 4 is 0 Å². The third kappa shape index (κ3) is 3.16. The zero-order valence-electron chi connectivity index (χ0n) is 9.95. The summed E-state index contributed by atoms with van der Waals surface area (Å²) >= 11 is 0. The van der Waals surface area contributed by atoms with Crippen LogP contribution in [-0.2, 0) is 4.74 Å². The van der Waals surface area contributed by atoms with E-state index in [2.05, 4.69) is 16.7 Å². The van der Waals surface area contributed by atoms with Gasteiger partial charge in [-0.15, -0.1) is 0 Å². The molecule has 2 heterocycles. The first-order valence-corrected chi connectivity index (χ1v) is 6.44. The van der Waals surface area contributed by atoms with Gasteiger partial charge >= 0.3 is 0 Å². The molecule has 3 nitrogen and oxygen atoms in total. The van der Waals surface area contributed by atoms with Gasteiger partial charge in [-0.2, -0.15) is 0 Å². The van der Waals surface area contributed by atoms with Crippen LogP contribution < -0.4 is 0 Å². The molecule has 2 aliphatic rings. The van der Waals surface area contributed by atoms with Gasteiger partial charge in [0.2, 0.25) is 0 Å². The summed E-state index contributed by atoms with van der Waals surface area (Å²) in [6.07, 6.45) is 4.02. The Morgan fingerprint density at radius 2 is 1.73 bits per heavy atom. The van der Waals surface area contributed by atoms with Crippen LogP contribution in [0.5, 0.6) is 0 Å². The molecule has 3 heteroatoms. The van der Waals surface area contributed by atoms with Gasteiger partial charge in [0.15, 0.2) is 0 Å². The number of hydrogen-bond donors (Lipinski definition) is 0. The number of piperidine rings is 1. The van der Waals surface area contributed by atoms with E-state index in [4.69, 9.17) is 4.74 Å². The number of ether oxygens (including phenoxy) is 1. The molecule has 2 rings (SSSR count). The van der Waals surface area contributed by atoms with Crippen molar-refractivity contribution in [1.82, 2.24) is 9.80 Å². The van der Waals surface area contributed by atoms with Crippen molar-refractivity contribution in [2.75, 3.05) is 45.9 Å². The van der Waals surface area contributed by atoms with Crippen LogP contribution in [0.1, 0.15) is 26.2 Å². The lowest BCUT2D eigenvalue weighted by atomic mass is 10.0. The number of nitrogens with zero attached hydrogens (tertiary/aromatic N) is 2. The maximum absolute atomic E-state index is 5.40. The molecule has 0 aromatic rings. The van der Waals surface area contributed by atoms with Gasteiger partial charge < -0.3 is 9.64 Å². The summed E-state index contributed by atoms with van der Waals surface area (Å²) in [7, 11) is 0. The van der Waals surface area contributed by atoms with Crippen molar-refractivity contribution in [3.8, 4) is 0 Å². The monoisotopic (exact) mass is 212 g/mol. The van der Waals surface area contributed by atoms with Gasteiger partial charge in [0.05, 0.1) is 13.2 Å². The van der Waals surface area contributed by atoms with Gasteiger partial charge in [-0.25, -0.2) is 0 Å². The SMILES string of the molecule is CCCN1CCC(N2CCOCC2)CC1. The molecular weight excluding hydrogens is 188 g/mol. The molecule has 2 aliphatic heterocycles. The average Bonchev–Trinajstić information content (AvgIpc) is 2.32. The third-order valence-electron chi connectivity index (χ3n) is 3.66. The summed E-state index contributed by atoms with van der Waals surface area (Å²) in [6, 6.07) is 0.835. The molecule has 0 radical (unpaired) electrons. The first kappa shape index (κ1) is 11.4. The van der Waals surface area contributed by atoms with Crippen molar-refractivity contribution in [1.29, 1.82) is 0 Å². The highest BCUT2D eigenvalue weighted by Gasteiger charge is 2.25. The van der Waals surface area contributed by atoms with Crippen LogP contribution in [0.15, 0.2) is 0 Å². The van der Waals surface area contributed by atoms with Gasteiger partial charge in [-0.05, 0) is 38.9 Å². The molecule has 2 fully saturated rings. The predicted molar refractivity (Wildman–Crippen MR) is 62.1 cm³/mol. The van der Waals surface area contributed by atoms with Gasteiger partial charge in [0.1, 0.15) is 0 Å². The Kier molecular flexibility index (Phi) is 4.42. The summed E-state index contributed by atoms with van der Waals surface area (Å²) in [4.78, 5) is 5.24. The highest BCUT2D eigenvalue weighted by atomic mass is 16.5. The maximum Gasteiger partial charge on any atom is 0.0594 e. The molecule has 15 heavy (non-hydrogen) atoms. The fraction of sp³-hybridized carbons (Fsp3) is 1.00. The zero-order valence-corrected chi connectivity index (χ0v) is 9.95. The number of likely N-dealkylation sites (tertiary alicyclic amines) is 1. The van der Waals surface area contributed by atoms with E-state index >= 15 is 0 Å². The Bertz CT molecular complexity index is 172. The minimum Gasteiger partial charge on any atom is -0.379 e. The van der Waals surface area contributed by atoms with Crippen molar-refractivity contribution < 1.29 is 4.74 Å². The Morgan fingerprint density at radius 1 is 1.07 bits per heavy atom. The van der Waals surface area contributed by atoms with Crippen LogP contribution in [0.2, 0.25) is 0 Å². The van der Waals surface area contributed by atoms with Gasteiger partial charge in [-0.3, -0.25) is 4.90 Å². The minimum absolute atomic E-state index is 0.835. The number of morpholine rings is 1. The molecular formula is C12H24N2O. The summed E-state index contributed by atoms with van der Waals surface area (Å²) in [5.74, 6) is 0. The van der Waals surface area contributed by atoms with Crippen LogP contribution in [0.25, 0.3) is 0 Å². The molecule has 0 amide bonds. The van der Waals surface area contributed by atoms with Crippen molar-refractivity contribution in [3.63, 3.8) is 0 Å². The second kappa shape index (κ2) is 5.83. The van der Waals surface area contributed by atoms with E-state index in [1.54, 1.807) is 0 Å². The molecule has 0 aromatic heterocycles. The largest absolute Gasteiger partial charge is 0.379 e. The van der Waals surface area contributed by atoms with E-state index in [0.29, 0.717) is 0 Å². The summed E-state index contributed by atoms with van der Waals surface area (Å²) < 4.78 is 5.40. The Labute approximate surface area is 93.4 Å². The van der Waals surface area contributed by atoms with E-state index in [9.17, 15) is 0 Å². The molecule has 0 aromatic carbocycles. The highest BCUT2D eigenvalue weighted by molar-refractivity contribution is 4.80. The van der Waals surface area contributed by atoms with Crippen LogP contribution in [0.4, 0.5) is 0 Å². The van der Waals surface area contributed by atoms with Crippen LogP contribution in [-0.4, -0.2) is 61.8 Å². The lowest BCUT2D eigenvalue weighted by Gasteiger charge is -2.40. The summed E-state index contributed by atoms with van der Waals surface area (Å²) in [6.45, 7) is 10.3. The predicted octanol–water partition coefficient (Wildman–Crippen LogP) is 1.19. The second-order valence-electron chi connectivity index (χ2n) is 4.72. The Balaban J connectivity index is 1.72. The van der Waals surface area contributed by atoms with E-state index in [1.807, 2.05) is 0 Å². The lowest BCUT2D eigenvalue weighted by molar-refractivity contribution is 0.000940. The normalized spacial score (nSPS) is 27.0. The van der Waals surface area contributed by atoms with E-state index in [0.717, 1.165) is 32.3 Å². The zero-order chi connectivity index (χ0) is 10.5. The van der Waals surface area contributed by atoms with Gasteiger partial charge in [0, 0.05) is 19.1 Å². The molecule has 0 bridgehead atoms. The molecule has 0 spiro atoms. The van der Waals surface area contributed by atoms with E-state index < -0.39 is 0 Å². The smallest absolute Gasteiger partial charge is 0.0594 e. The molecule has 0 atom stereocenters. The average molecular weight is 212 g/mol. The summed E-state index contributed by atoms with van der Waals surface area (Å²) in [5, 5.41) is 0. The quantitative estimate of drug-likeness (QED) is 0.699. The molecule has 0 saturated carbocycles. The molecule has 2 saturated heterocycles. The Hall–Kier alpha value is -0.120. The fourth-order valence-electron chi connectivity index (χ4n) is 2.77. The maximum atomic E-state index is 5.40. The molecule has 0 N–H and O–H groups in total. The van der Waals surface area contributed by atoms with Crippen LogP contribution >= 0.6 is 0 Å². The van der Waals surface area contributed by atoms with E-state index in [1.165, 1.54) is 38.9 Å². The Morgan fingerprint density at radius 3 is 2.33 bits per heavy atom. The lowest BCUT2D eigenvalue weighted by Crippen LogP contribution is -2.49. The van der Waals surface area contributed by atoms with Crippen molar-refractivity contribution in [2.24, 2.45) is 0 Å². The highest BCUT2D eigenvalue weighted by Crippen LogP contribution is 2.17. The van der Waals surface area contributed by atoms with Gasteiger partial charge in [0.25, 0.3) is 0 Å². The van der Waals surface area contributed by atoms with Crippen molar-refractivity contribution in [3.05, 3.63) is 0 Å². The molecule has 0 aliphatic carbocycles. The standard InChI is InChI=1S/C12H24N2O/c1-2-5-13-6-3-12(4-7-13)14-8-10-15-11-9-14/h12H,2-11H2,1H3.